The van der Waals surface area contributed by atoms with Gasteiger partial charge in [-0.15, -0.1) is 0 Å². The predicted octanol–water partition coefficient (Wildman–Crippen LogP) is 5.19. The van der Waals surface area contributed by atoms with Gasteiger partial charge in [-0.2, -0.15) is 0 Å². The lowest BCUT2D eigenvalue weighted by atomic mass is 10.1. The summed E-state index contributed by atoms with van der Waals surface area (Å²) in [6.45, 7) is 4.55. The van der Waals surface area contributed by atoms with Crippen LogP contribution in [0.25, 0.3) is 0 Å². The Bertz CT molecular complexity index is 805. The summed E-state index contributed by atoms with van der Waals surface area (Å²) >= 11 is 6.08. The van der Waals surface area contributed by atoms with Gasteiger partial charge in [0.2, 0.25) is 0 Å². The quantitative estimate of drug-likeness (QED) is 0.462. The maximum atomic E-state index is 12.8. The van der Waals surface area contributed by atoms with Gasteiger partial charge in [0.15, 0.2) is 0 Å². The van der Waals surface area contributed by atoms with Crippen LogP contribution in [0.4, 0.5) is 0 Å². The molecule has 2 aromatic carbocycles. The molecule has 28 heavy (non-hydrogen) atoms. The van der Waals surface area contributed by atoms with Gasteiger partial charge in [0, 0.05) is 5.02 Å². The van der Waals surface area contributed by atoms with Crippen molar-refractivity contribution in [3.63, 3.8) is 0 Å². The minimum atomic E-state index is -0.396. The van der Waals surface area contributed by atoms with Gasteiger partial charge >= 0.3 is 5.97 Å². The maximum absolute atomic E-state index is 12.8. The monoisotopic (exact) mass is 403 g/mol. The molecule has 2 rings (SSSR count). The molecule has 2 aromatic rings. The van der Waals surface area contributed by atoms with E-state index < -0.39 is 5.97 Å². The molecule has 0 fully saturated rings. The van der Waals surface area contributed by atoms with Gasteiger partial charge in [0.05, 0.1) is 30.9 Å². The standard InChI is InChI=1S/C22H26ClNO4/c1-4-5-6-13-28-20-12-11-18(23)14-19(20)21(25)24-15(2)16-7-9-17(10-8-16)22(26)27-3/h7-12,14-15H,4-6,13H2,1-3H3,(H,24,25)/t15-/m0/s1. The van der Waals surface area contributed by atoms with Crippen LogP contribution < -0.4 is 10.1 Å². The third-order valence-corrected chi connectivity index (χ3v) is 4.61. The van der Waals surface area contributed by atoms with Crippen LogP contribution in [-0.2, 0) is 4.74 Å². The van der Waals surface area contributed by atoms with Gasteiger partial charge in [-0.05, 0) is 49.2 Å². The molecule has 0 unspecified atom stereocenters. The molecule has 0 saturated heterocycles. The third-order valence-electron chi connectivity index (χ3n) is 4.37. The van der Waals surface area contributed by atoms with Crippen molar-refractivity contribution >= 4 is 23.5 Å². The lowest BCUT2D eigenvalue weighted by Gasteiger charge is -2.17. The Balaban J connectivity index is 2.08. The van der Waals surface area contributed by atoms with Gasteiger partial charge in [0.25, 0.3) is 5.91 Å². The number of halogens is 1. The fraction of sp³-hybridized carbons (Fsp3) is 0.364. The molecule has 0 aliphatic rings. The highest BCUT2D eigenvalue weighted by Gasteiger charge is 2.17. The first-order valence-corrected chi connectivity index (χ1v) is 9.75. The first-order valence-electron chi connectivity index (χ1n) is 9.37. The molecule has 1 amide bonds. The van der Waals surface area contributed by atoms with Crippen LogP contribution in [0.1, 0.15) is 65.4 Å². The second-order valence-electron chi connectivity index (χ2n) is 6.50. The van der Waals surface area contributed by atoms with Crippen molar-refractivity contribution in [2.24, 2.45) is 0 Å². The highest BCUT2D eigenvalue weighted by Crippen LogP contribution is 2.24. The number of benzene rings is 2. The van der Waals surface area contributed by atoms with Gasteiger partial charge in [-0.25, -0.2) is 4.79 Å². The van der Waals surface area contributed by atoms with Gasteiger partial charge in [0.1, 0.15) is 5.75 Å². The summed E-state index contributed by atoms with van der Waals surface area (Å²) in [5.74, 6) is -0.143. The molecule has 1 atom stereocenters. The van der Waals surface area contributed by atoms with E-state index in [1.807, 2.05) is 6.92 Å². The molecule has 0 radical (unpaired) electrons. The smallest absolute Gasteiger partial charge is 0.337 e. The van der Waals surface area contributed by atoms with Crippen LogP contribution in [0, 0.1) is 0 Å². The number of carbonyl (C=O) groups is 2. The molecule has 150 valence electrons. The minimum Gasteiger partial charge on any atom is -0.493 e. The number of amides is 1. The second kappa shape index (κ2) is 10.7. The molecular formula is C22H26ClNO4. The third kappa shape index (κ3) is 5.99. The Morgan fingerprint density at radius 3 is 2.46 bits per heavy atom. The van der Waals surface area contributed by atoms with Crippen LogP contribution in [0.5, 0.6) is 5.75 Å². The van der Waals surface area contributed by atoms with E-state index in [1.54, 1.807) is 42.5 Å². The summed E-state index contributed by atoms with van der Waals surface area (Å²) in [6.07, 6.45) is 3.11. The first-order chi connectivity index (χ1) is 13.5. The summed E-state index contributed by atoms with van der Waals surface area (Å²) in [5, 5.41) is 3.42. The zero-order chi connectivity index (χ0) is 20.5. The van der Waals surface area contributed by atoms with Crippen LogP contribution in [0.2, 0.25) is 5.02 Å². The van der Waals surface area contributed by atoms with Crippen molar-refractivity contribution in [2.45, 2.75) is 39.2 Å². The maximum Gasteiger partial charge on any atom is 0.337 e. The zero-order valence-electron chi connectivity index (χ0n) is 16.5. The number of unbranched alkanes of at least 4 members (excludes halogenated alkanes) is 2. The van der Waals surface area contributed by atoms with E-state index in [0.29, 0.717) is 28.5 Å². The van der Waals surface area contributed by atoms with Gasteiger partial charge in [-0.3, -0.25) is 4.79 Å². The first kappa shape index (κ1) is 21.8. The summed E-state index contributed by atoms with van der Waals surface area (Å²) < 4.78 is 10.5. The Morgan fingerprint density at radius 2 is 1.82 bits per heavy atom. The average molecular weight is 404 g/mol. The van der Waals surface area contributed by atoms with E-state index in [4.69, 9.17) is 21.1 Å². The molecule has 0 saturated carbocycles. The summed E-state index contributed by atoms with van der Waals surface area (Å²) in [4.78, 5) is 24.3. The van der Waals surface area contributed by atoms with E-state index in [9.17, 15) is 9.59 Å². The Labute approximate surface area is 171 Å². The van der Waals surface area contributed by atoms with E-state index in [2.05, 4.69) is 12.2 Å². The number of nitrogens with one attached hydrogen (secondary N) is 1. The Morgan fingerprint density at radius 1 is 1.11 bits per heavy atom. The molecular weight excluding hydrogens is 378 g/mol. The molecule has 5 nitrogen and oxygen atoms in total. The fourth-order valence-electron chi connectivity index (χ4n) is 2.72. The Kier molecular flexibility index (Phi) is 8.33. The van der Waals surface area contributed by atoms with Gasteiger partial charge in [-0.1, -0.05) is 43.5 Å². The van der Waals surface area contributed by atoms with E-state index in [-0.39, 0.29) is 11.9 Å². The molecule has 6 heteroatoms. The van der Waals surface area contributed by atoms with E-state index in [0.717, 1.165) is 24.8 Å². The fourth-order valence-corrected chi connectivity index (χ4v) is 2.90. The van der Waals surface area contributed by atoms with Crippen LogP contribution in [0.15, 0.2) is 42.5 Å². The zero-order valence-corrected chi connectivity index (χ0v) is 17.2. The number of carbonyl (C=O) groups excluding carboxylic acids is 2. The van der Waals surface area contributed by atoms with Crippen molar-refractivity contribution in [2.75, 3.05) is 13.7 Å². The number of rotatable bonds is 9. The lowest BCUT2D eigenvalue weighted by Crippen LogP contribution is -2.27. The largest absolute Gasteiger partial charge is 0.493 e. The SMILES string of the molecule is CCCCCOc1ccc(Cl)cc1C(=O)N[C@@H](C)c1ccc(C(=O)OC)cc1. The highest BCUT2D eigenvalue weighted by molar-refractivity contribution is 6.31. The van der Waals surface area contributed by atoms with E-state index >= 15 is 0 Å². The van der Waals surface area contributed by atoms with Crippen molar-refractivity contribution in [1.82, 2.24) is 5.32 Å². The van der Waals surface area contributed by atoms with Gasteiger partial charge < -0.3 is 14.8 Å². The van der Waals surface area contributed by atoms with Crippen LogP contribution >= 0.6 is 11.6 Å². The number of esters is 1. The second-order valence-corrected chi connectivity index (χ2v) is 6.94. The van der Waals surface area contributed by atoms with Crippen LogP contribution in [0.3, 0.4) is 0 Å². The van der Waals surface area contributed by atoms with Crippen molar-refractivity contribution in [3.05, 3.63) is 64.2 Å². The topological polar surface area (TPSA) is 64.6 Å². The number of ether oxygens (including phenoxy) is 2. The molecule has 0 aromatic heterocycles. The molecule has 0 bridgehead atoms. The minimum absolute atomic E-state index is 0.258. The normalized spacial score (nSPS) is 11.6. The number of methoxy groups -OCH3 is 1. The summed E-state index contributed by atoms with van der Waals surface area (Å²) in [6, 6.07) is 11.7. The lowest BCUT2D eigenvalue weighted by molar-refractivity contribution is 0.0600. The van der Waals surface area contributed by atoms with Crippen molar-refractivity contribution < 1.29 is 19.1 Å². The van der Waals surface area contributed by atoms with Crippen molar-refractivity contribution in [1.29, 1.82) is 0 Å². The number of hydrogen-bond donors (Lipinski definition) is 1. The van der Waals surface area contributed by atoms with Crippen LogP contribution in [-0.4, -0.2) is 25.6 Å². The predicted molar refractivity (Wildman–Crippen MR) is 110 cm³/mol. The molecule has 0 aliphatic carbocycles. The van der Waals surface area contributed by atoms with Crippen molar-refractivity contribution in [3.8, 4) is 5.75 Å². The molecule has 1 N–H and O–H groups in total. The molecule has 0 spiro atoms. The average Bonchev–Trinajstić information content (AvgIpc) is 2.71. The van der Waals surface area contributed by atoms with E-state index in [1.165, 1.54) is 7.11 Å². The molecule has 0 heterocycles. The summed E-state index contributed by atoms with van der Waals surface area (Å²) in [7, 11) is 1.34. The Hall–Kier alpha value is -2.53. The molecule has 0 aliphatic heterocycles. The summed E-state index contributed by atoms with van der Waals surface area (Å²) in [5.41, 5.74) is 1.73. The number of hydrogen-bond acceptors (Lipinski definition) is 4. The highest BCUT2D eigenvalue weighted by atomic mass is 35.5.